The van der Waals surface area contributed by atoms with Crippen LogP contribution in [0.3, 0.4) is 0 Å². The number of ketones is 1. The van der Waals surface area contributed by atoms with Gasteiger partial charge in [0.2, 0.25) is 0 Å². The molecule has 0 fully saturated rings. The highest BCUT2D eigenvalue weighted by molar-refractivity contribution is 5.99. The number of carbonyl (C=O) groups excluding carboxylic acids is 1. The lowest BCUT2D eigenvalue weighted by molar-refractivity contribution is 0.101. The molecule has 2 aromatic rings. The number of hydrogen-bond donors (Lipinski definition) is 1. The number of nitrogens with two attached hydrogens (primary N) is 1. The number of nitrogen functional groups attached to an aromatic ring is 1. The van der Waals surface area contributed by atoms with Crippen LogP contribution in [0.15, 0.2) is 42.5 Å². The van der Waals surface area contributed by atoms with Crippen molar-refractivity contribution in [3.8, 4) is 11.5 Å². The molecule has 104 valence electrons. The molecule has 4 heteroatoms. The predicted molar refractivity (Wildman–Crippen MR) is 78.2 cm³/mol. The van der Waals surface area contributed by atoms with Gasteiger partial charge in [0.05, 0.1) is 7.11 Å². The van der Waals surface area contributed by atoms with Crippen molar-refractivity contribution in [1.29, 1.82) is 0 Å². The van der Waals surface area contributed by atoms with E-state index in [9.17, 15) is 4.79 Å². The number of anilines is 1. The van der Waals surface area contributed by atoms with Gasteiger partial charge in [0.25, 0.3) is 0 Å². The first-order chi connectivity index (χ1) is 9.60. The van der Waals surface area contributed by atoms with Gasteiger partial charge in [-0.25, -0.2) is 0 Å². The van der Waals surface area contributed by atoms with Crippen LogP contribution in [0, 0.1) is 0 Å². The van der Waals surface area contributed by atoms with E-state index >= 15 is 0 Å². The van der Waals surface area contributed by atoms with E-state index in [-0.39, 0.29) is 5.78 Å². The second-order valence-electron chi connectivity index (χ2n) is 4.44. The zero-order valence-corrected chi connectivity index (χ0v) is 11.6. The minimum Gasteiger partial charge on any atom is -0.497 e. The Morgan fingerprint density at radius 3 is 2.35 bits per heavy atom. The van der Waals surface area contributed by atoms with Crippen LogP contribution in [0.25, 0.3) is 0 Å². The number of methoxy groups -OCH3 is 1. The van der Waals surface area contributed by atoms with Crippen LogP contribution >= 0.6 is 0 Å². The lowest BCUT2D eigenvalue weighted by Crippen LogP contribution is -2.01. The monoisotopic (exact) mass is 271 g/mol. The first kappa shape index (κ1) is 13.9. The van der Waals surface area contributed by atoms with Gasteiger partial charge >= 0.3 is 0 Å². The van der Waals surface area contributed by atoms with E-state index in [1.165, 1.54) is 6.92 Å². The molecule has 0 heterocycles. The Bertz CT molecular complexity index is 606. The number of rotatable bonds is 5. The Hall–Kier alpha value is -2.49. The normalized spacial score (nSPS) is 10.1. The SMILES string of the molecule is COc1ccc(COc2ccc(N)c(C(C)=O)c2)cc1. The van der Waals surface area contributed by atoms with Crippen molar-refractivity contribution in [2.45, 2.75) is 13.5 Å². The first-order valence-electron chi connectivity index (χ1n) is 6.26. The smallest absolute Gasteiger partial charge is 0.162 e. The molecule has 0 radical (unpaired) electrons. The van der Waals surface area contributed by atoms with Crippen molar-refractivity contribution >= 4 is 11.5 Å². The molecule has 0 aliphatic rings. The third-order valence-corrected chi connectivity index (χ3v) is 2.97. The molecule has 0 saturated heterocycles. The highest BCUT2D eigenvalue weighted by Gasteiger charge is 2.06. The maximum atomic E-state index is 11.4. The number of Topliss-reactive ketones (excluding diaryl/α,β-unsaturated/α-hetero) is 1. The molecular formula is C16H17NO3. The average Bonchev–Trinajstić information content (AvgIpc) is 2.46. The van der Waals surface area contributed by atoms with Crippen LogP contribution in [-0.2, 0) is 6.61 Å². The van der Waals surface area contributed by atoms with Gasteiger partial charge in [-0.05, 0) is 42.8 Å². The third-order valence-electron chi connectivity index (χ3n) is 2.97. The second kappa shape index (κ2) is 6.10. The Balaban J connectivity index is 2.06. The Labute approximate surface area is 118 Å². The second-order valence-corrected chi connectivity index (χ2v) is 4.44. The van der Waals surface area contributed by atoms with Crippen LogP contribution < -0.4 is 15.2 Å². The van der Waals surface area contributed by atoms with Crippen molar-refractivity contribution in [3.63, 3.8) is 0 Å². The zero-order chi connectivity index (χ0) is 14.5. The van der Waals surface area contributed by atoms with Crippen molar-refractivity contribution in [1.82, 2.24) is 0 Å². The topological polar surface area (TPSA) is 61.6 Å². The van der Waals surface area contributed by atoms with Crippen LogP contribution in [0.4, 0.5) is 5.69 Å². The fourth-order valence-corrected chi connectivity index (χ4v) is 1.82. The van der Waals surface area contributed by atoms with Crippen LogP contribution in [0.2, 0.25) is 0 Å². The fourth-order valence-electron chi connectivity index (χ4n) is 1.82. The van der Waals surface area contributed by atoms with Crippen molar-refractivity contribution < 1.29 is 14.3 Å². The van der Waals surface area contributed by atoms with Crippen LogP contribution in [0.1, 0.15) is 22.8 Å². The number of benzene rings is 2. The van der Waals surface area contributed by atoms with Gasteiger partial charge in [-0.2, -0.15) is 0 Å². The van der Waals surface area contributed by atoms with E-state index in [1.807, 2.05) is 24.3 Å². The number of ether oxygens (including phenoxy) is 2. The molecule has 0 aromatic heterocycles. The van der Waals surface area contributed by atoms with Crippen LogP contribution in [-0.4, -0.2) is 12.9 Å². The van der Waals surface area contributed by atoms with E-state index in [1.54, 1.807) is 25.3 Å². The minimum absolute atomic E-state index is 0.0719. The summed E-state index contributed by atoms with van der Waals surface area (Å²) in [6.45, 7) is 1.91. The summed E-state index contributed by atoms with van der Waals surface area (Å²) in [5.41, 5.74) is 7.71. The summed E-state index contributed by atoms with van der Waals surface area (Å²) in [6.07, 6.45) is 0. The quantitative estimate of drug-likeness (QED) is 0.670. The zero-order valence-electron chi connectivity index (χ0n) is 11.6. The lowest BCUT2D eigenvalue weighted by atomic mass is 10.1. The predicted octanol–water partition coefficient (Wildman–Crippen LogP) is 3.06. The summed E-state index contributed by atoms with van der Waals surface area (Å²) in [5.74, 6) is 1.36. The molecular weight excluding hydrogens is 254 g/mol. The van der Waals surface area contributed by atoms with Gasteiger partial charge in [-0.3, -0.25) is 4.79 Å². The van der Waals surface area contributed by atoms with Crippen molar-refractivity contribution in [3.05, 3.63) is 53.6 Å². The Morgan fingerprint density at radius 2 is 1.75 bits per heavy atom. The van der Waals surface area contributed by atoms with E-state index in [4.69, 9.17) is 15.2 Å². The molecule has 0 spiro atoms. The first-order valence-corrected chi connectivity index (χ1v) is 6.26. The molecule has 2 N–H and O–H groups in total. The summed E-state index contributed by atoms with van der Waals surface area (Å²) in [5, 5.41) is 0. The maximum absolute atomic E-state index is 11.4. The average molecular weight is 271 g/mol. The molecule has 0 unspecified atom stereocenters. The summed E-state index contributed by atoms with van der Waals surface area (Å²) >= 11 is 0. The summed E-state index contributed by atoms with van der Waals surface area (Å²) in [6, 6.07) is 12.7. The van der Waals surface area contributed by atoms with E-state index < -0.39 is 0 Å². The molecule has 0 bridgehead atoms. The Kier molecular flexibility index (Phi) is 4.25. The molecule has 0 saturated carbocycles. The van der Waals surface area contributed by atoms with E-state index in [2.05, 4.69) is 0 Å². The molecule has 0 atom stereocenters. The van der Waals surface area contributed by atoms with Crippen LogP contribution in [0.5, 0.6) is 11.5 Å². The maximum Gasteiger partial charge on any atom is 0.162 e. The molecule has 0 aliphatic carbocycles. The van der Waals surface area contributed by atoms with Gasteiger partial charge in [0.15, 0.2) is 5.78 Å². The Morgan fingerprint density at radius 1 is 1.10 bits per heavy atom. The number of hydrogen-bond acceptors (Lipinski definition) is 4. The highest BCUT2D eigenvalue weighted by atomic mass is 16.5. The number of carbonyl (C=O) groups is 1. The highest BCUT2D eigenvalue weighted by Crippen LogP contribution is 2.21. The molecule has 20 heavy (non-hydrogen) atoms. The standard InChI is InChI=1S/C16H17NO3/c1-11(18)15-9-14(7-8-16(15)17)20-10-12-3-5-13(19-2)6-4-12/h3-9H,10,17H2,1-2H3. The van der Waals surface area contributed by atoms with Crippen molar-refractivity contribution in [2.24, 2.45) is 0 Å². The summed E-state index contributed by atoms with van der Waals surface area (Å²) in [7, 11) is 1.63. The molecule has 4 nitrogen and oxygen atoms in total. The van der Waals surface area contributed by atoms with Gasteiger partial charge in [-0.15, -0.1) is 0 Å². The van der Waals surface area contributed by atoms with E-state index in [0.29, 0.717) is 23.6 Å². The largest absolute Gasteiger partial charge is 0.497 e. The minimum atomic E-state index is -0.0719. The van der Waals surface area contributed by atoms with E-state index in [0.717, 1.165) is 11.3 Å². The summed E-state index contributed by atoms with van der Waals surface area (Å²) in [4.78, 5) is 11.4. The fraction of sp³-hybridized carbons (Fsp3) is 0.188. The molecule has 2 rings (SSSR count). The molecule has 0 aliphatic heterocycles. The third kappa shape index (κ3) is 3.29. The van der Waals surface area contributed by atoms with Crippen molar-refractivity contribution in [2.75, 3.05) is 12.8 Å². The lowest BCUT2D eigenvalue weighted by Gasteiger charge is -2.09. The van der Waals surface area contributed by atoms with Gasteiger partial charge in [-0.1, -0.05) is 12.1 Å². The molecule has 2 aromatic carbocycles. The van der Waals surface area contributed by atoms with Gasteiger partial charge in [0, 0.05) is 11.3 Å². The van der Waals surface area contributed by atoms with Gasteiger partial charge in [0.1, 0.15) is 18.1 Å². The molecule has 0 amide bonds. The van der Waals surface area contributed by atoms with Gasteiger partial charge < -0.3 is 15.2 Å². The summed E-state index contributed by atoms with van der Waals surface area (Å²) < 4.78 is 10.8.